The molecule has 1 aromatic carbocycles. The molecule has 0 atom stereocenters. The molecular weight excluding hydrogens is 265 g/mol. The van der Waals surface area contributed by atoms with Crippen molar-refractivity contribution >= 4 is 5.97 Å². The summed E-state index contributed by atoms with van der Waals surface area (Å²) in [7, 11) is 1.15. The van der Waals surface area contributed by atoms with E-state index in [-0.39, 0.29) is 30.6 Å². The number of carboxylic acid groups (broad SMARTS) is 1. The maximum atomic E-state index is 12.7. The van der Waals surface area contributed by atoms with E-state index in [2.05, 4.69) is 4.74 Å². The van der Waals surface area contributed by atoms with Crippen LogP contribution in [-0.4, -0.2) is 23.3 Å². The zero-order chi connectivity index (χ0) is 14.6. The number of aryl methyl sites for hydroxylation is 1. The summed E-state index contributed by atoms with van der Waals surface area (Å²) in [6, 6.07) is 2.08. The third-order valence-electron chi connectivity index (χ3n) is 2.52. The maximum absolute atomic E-state index is 12.7. The quantitative estimate of drug-likeness (QED) is 0.869. The van der Waals surface area contributed by atoms with E-state index < -0.39 is 23.5 Å². The third kappa shape index (κ3) is 4.04. The molecule has 0 aliphatic heterocycles. The smallest absolute Gasteiger partial charge is 0.420 e. The second kappa shape index (κ2) is 5.81. The van der Waals surface area contributed by atoms with Crippen molar-refractivity contribution in [1.29, 1.82) is 0 Å². The van der Waals surface area contributed by atoms with Gasteiger partial charge in [0.2, 0.25) is 0 Å². The number of phenolic OH excluding ortho intramolecular Hbond substituents is 1. The SMILES string of the molecule is COc1cc(CCCC(=O)O)cc(C(F)(F)F)c1O. The number of halogens is 3. The Morgan fingerprint density at radius 2 is 2.00 bits per heavy atom. The predicted molar refractivity (Wildman–Crippen MR) is 60.2 cm³/mol. The molecule has 2 N–H and O–H groups in total. The van der Waals surface area contributed by atoms with Gasteiger partial charge in [0, 0.05) is 6.42 Å². The lowest BCUT2D eigenvalue weighted by atomic mass is 10.0. The lowest BCUT2D eigenvalue weighted by Crippen LogP contribution is -2.07. The van der Waals surface area contributed by atoms with Crippen LogP contribution >= 0.6 is 0 Å². The number of aromatic hydroxyl groups is 1. The summed E-state index contributed by atoms with van der Waals surface area (Å²) in [5.41, 5.74) is -0.916. The highest BCUT2D eigenvalue weighted by molar-refractivity contribution is 5.66. The van der Waals surface area contributed by atoms with Gasteiger partial charge in [-0.15, -0.1) is 0 Å². The molecule has 0 bridgehead atoms. The lowest BCUT2D eigenvalue weighted by Gasteiger charge is -2.14. The highest BCUT2D eigenvalue weighted by Crippen LogP contribution is 2.41. The van der Waals surface area contributed by atoms with Gasteiger partial charge in [0.25, 0.3) is 0 Å². The molecule has 19 heavy (non-hydrogen) atoms. The first-order valence-corrected chi connectivity index (χ1v) is 5.44. The standard InChI is InChI=1S/C12H13F3O4/c1-19-9-6-7(3-2-4-10(16)17)5-8(11(9)18)12(13,14)15/h5-6,18H,2-4H2,1H3,(H,16,17). The Bertz CT molecular complexity index is 469. The molecule has 0 radical (unpaired) electrons. The van der Waals surface area contributed by atoms with Crippen LogP contribution in [0.4, 0.5) is 13.2 Å². The molecule has 7 heteroatoms. The summed E-state index contributed by atoms with van der Waals surface area (Å²) in [6.07, 6.45) is -4.46. The second-order valence-electron chi connectivity index (χ2n) is 3.94. The molecular formula is C12H13F3O4. The largest absolute Gasteiger partial charge is 0.504 e. The van der Waals surface area contributed by atoms with Crippen molar-refractivity contribution in [2.24, 2.45) is 0 Å². The molecule has 0 aliphatic rings. The minimum Gasteiger partial charge on any atom is -0.504 e. The zero-order valence-corrected chi connectivity index (χ0v) is 10.1. The van der Waals surface area contributed by atoms with Crippen LogP contribution in [0.2, 0.25) is 0 Å². The van der Waals surface area contributed by atoms with E-state index in [0.717, 1.165) is 13.2 Å². The third-order valence-corrected chi connectivity index (χ3v) is 2.52. The number of aliphatic carboxylic acids is 1. The molecule has 1 aromatic rings. The van der Waals surface area contributed by atoms with Gasteiger partial charge in [0.15, 0.2) is 11.5 Å². The van der Waals surface area contributed by atoms with Crippen molar-refractivity contribution in [3.63, 3.8) is 0 Å². The molecule has 0 amide bonds. The highest BCUT2D eigenvalue weighted by atomic mass is 19.4. The van der Waals surface area contributed by atoms with Crippen molar-refractivity contribution in [3.05, 3.63) is 23.3 Å². The van der Waals surface area contributed by atoms with E-state index in [1.165, 1.54) is 6.07 Å². The summed E-state index contributed by atoms with van der Waals surface area (Å²) in [4.78, 5) is 10.3. The average molecular weight is 278 g/mol. The van der Waals surface area contributed by atoms with Crippen molar-refractivity contribution < 1.29 is 32.9 Å². The molecule has 1 rings (SSSR count). The molecule has 0 saturated heterocycles. The van der Waals surface area contributed by atoms with E-state index in [9.17, 15) is 23.1 Å². The maximum Gasteiger partial charge on any atom is 0.420 e. The van der Waals surface area contributed by atoms with Crippen LogP contribution in [-0.2, 0) is 17.4 Å². The van der Waals surface area contributed by atoms with Crippen LogP contribution in [0.5, 0.6) is 11.5 Å². The van der Waals surface area contributed by atoms with E-state index in [1.54, 1.807) is 0 Å². The molecule has 0 saturated carbocycles. The Hall–Kier alpha value is -1.92. The van der Waals surface area contributed by atoms with Gasteiger partial charge < -0.3 is 14.9 Å². The van der Waals surface area contributed by atoms with Gasteiger partial charge >= 0.3 is 12.1 Å². The van der Waals surface area contributed by atoms with Crippen LogP contribution in [0.1, 0.15) is 24.0 Å². The fourth-order valence-corrected chi connectivity index (χ4v) is 1.62. The minimum atomic E-state index is -4.69. The monoisotopic (exact) mass is 278 g/mol. The summed E-state index contributed by atoms with van der Waals surface area (Å²) in [6.45, 7) is 0. The fraction of sp³-hybridized carbons (Fsp3) is 0.417. The predicted octanol–water partition coefficient (Wildman–Crippen LogP) is 2.83. The number of carbonyl (C=O) groups is 1. The Morgan fingerprint density at radius 3 is 2.47 bits per heavy atom. The normalized spacial score (nSPS) is 11.4. The molecule has 0 heterocycles. The Kier molecular flexibility index (Phi) is 4.63. The Balaban J connectivity index is 3.03. The number of carboxylic acids is 1. The van der Waals surface area contributed by atoms with E-state index in [4.69, 9.17) is 5.11 Å². The number of hydrogen-bond acceptors (Lipinski definition) is 3. The number of hydrogen-bond donors (Lipinski definition) is 2. The van der Waals surface area contributed by atoms with Crippen molar-refractivity contribution in [3.8, 4) is 11.5 Å². The molecule has 0 aromatic heterocycles. The summed E-state index contributed by atoms with van der Waals surface area (Å²) in [5.74, 6) is -2.25. The first-order valence-electron chi connectivity index (χ1n) is 5.44. The molecule has 0 aliphatic carbocycles. The van der Waals surface area contributed by atoms with Crippen LogP contribution in [0, 0.1) is 0 Å². The summed E-state index contributed by atoms with van der Waals surface area (Å²) in [5, 5.41) is 17.9. The number of phenols is 1. The van der Waals surface area contributed by atoms with Gasteiger partial charge in [-0.3, -0.25) is 4.79 Å². The lowest BCUT2D eigenvalue weighted by molar-refractivity contribution is -0.139. The van der Waals surface area contributed by atoms with Gasteiger partial charge in [0.1, 0.15) is 5.56 Å². The Labute approximate surface area is 107 Å². The topological polar surface area (TPSA) is 66.8 Å². The number of rotatable bonds is 5. The number of ether oxygens (including phenoxy) is 1. The molecule has 0 fully saturated rings. The van der Waals surface area contributed by atoms with Gasteiger partial charge in [-0.2, -0.15) is 13.2 Å². The van der Waals surface area contributed by atoms with Crippen LogP contribution in [0.15, 0.2) is 12.1 Å². The Morgan fingerprint density at radius 1 is 1.37 bits per heavy atom. The van der Waals surface area contributed by atoms with E-state index >= 15 is 0 Å². The van der Waals surface area contributed by atoms with Crippen molar-refractivity contribution in [2.75, 3.05) is 7.11 Å². The zero-order valence-electron chi connectivity index (χ0n) is 10.1. The fourth-order valence-electron chi connectivity index (χ4n) is 1.62. The van der Waals surface area contributed by atoms with Gasteiger partial charge in [-0.25, -0.2) is 0 Å². The van der Waals surface area contributed by atoms with Gasteiger partial charge in [0.05, 0.1) is 7.11 Å². The molecule has 0 unspecified atom stereocenters. The van der Waals surface area contributed by atoms with Crippen LogP contribution < -0.4 is 4.74 Å². The molecule has 0 spiro atoms. The summed E-state index contributed by atoms with van der Waals surface area (Å²) < 4.78 is 42.7. The first kappa shape index (κ1) is 15.1. The summed E-state index contributed by atoms with van der Waals surface area (Å²) >= 11 is 0. The molecule has 4 nitrogen and oxygen atoms in total. The van der Waals surface area contributed by atoms with Gasteiger partial charge in [-0.05, 0) is 30.5 Å². The van der Waals surface area contributed by atoms with E-state index in [1.807, 2.05) is 0 Å². The number of benzene rings is 1. The van der Waals surface area contributed by atoms with E-state index in [0.29, 0.717) is 0 Å². The van der Waals surface area contributed by atoms with Crippen molar-refractivity contribution in [2.45, 2.75) is 25.4 Å². The highest BCUT2D eigenvalue weighted by Gasteiger charge is 2.35. The van der Waals surface area contributed by atoms with Crippen LogP contribution in [0.25, 0.3) is 0 Å². The average Bonchev–Trinajstić information content (AvgIpc) is 2.28. The number of methoxy groups -OCH3 is 1. The molecule has 106 valence electrons. The second-order valence-corrected chi connectivity index (χ2v) is 3.94. The number of alkyl halides is 3. The van der Waals surface area contributed by atoms with Gasteiger partial charge in [-0.1, -0.05) is 0 Å². The first-order chi connectivity index (χ1) is 8.75. The van der Waals surface area contributed by atoms with Crippen molar-refractivity contribution in [1.82, 2.24) is 0 Å². The van der Waals surface area contributed by atoms with Crippen LogP contribution in [0.3, 0.4) is 0 Å². The minimum absolute atomic E-state index is 0.134.